The Kier molecular flexibility index (Phi) is 3.40. The maximum absolute atomic E-state index is 10.5. The number of nitrogens with zero attached hydrogens (tertiary/aromatic N) is 5. The number of hydrogen-bond acceptors (Lipinski definition) is 4. The Balaban J connectivity index is 2.02. The molecule has 2 aromatic heterocycles. The van der Waals surface area contributed by atoms with E-state index in [1.54, 1.807) is 15.6 Å². The molecule has 7 nitrogen and oxygen atoms in total. The van der Waals surface area contributed by atoms with Gasteiger partial charge < -0.3 is 5.11 Å². The molecule has 2 heterocycles. The topological polar surface area (TPSA) is 85.8 Å². The van der Waals surface area contributed by atoms with E-state index in [9.17, 15) is 4.79 Å². The molecule has 0 spiro atoms. The molecular weight excluding hydrogens is 234 g/mol. The van der Waals surface area contributed by atoms with Gasteiger partial charge in [-0.05, 0) is 13.0 Å². The fourth-order valence-electron chi connectivity index (χ4n) is 1.74. The molecule has 2 aromatic rings. The minimum atomic E-state index is -0.827. The SMILES string of the molecule is Cc1cc(Cn2cc(CCC(=O)O)nn2)n(C)n1. The molecule has 0 unspecified atom stereocenters. The zero-order valence-electron chi connectivity index (χ0n) is 10.4. The number of aromatic nitrogens is 5. The van der Waals surface area contributed by atoms with Crippen molar-refractivity contribution in [1.82, 2.24) is 24.8 Å². The van der Waals surface area contributed by atoms with Gasteiger partial charge in [-0.2, -0.15) is 5.10 Å². The van der Waals surface area contributed by atoms with Gasteiger partial charge in [-0.1, -0.05) is 5.21 Å². The second-order valence-corrected chi connectivity index (χ2v) is 4.20. The lowest BCUT2D eigenvalue weighted by Gasteiger charge is -2.00. The third-order valence-electron chi connectivity index (χ3n) is 2.60. The van der Waals surface area contributed by atoms with E-state index in [0.717, 1.165) is 11.4 Å². The maximum Gasteiger partial charge on any atom is 0.303 e. The van der Waals surface area contributed by atoms with Crippen molar-refractivity contribution in [2.24, 2.45) is 7.05 Å². The monoisotopic (exact) mass is 249 g/mol. The summed E-state index contributed by atoms with van der Waals surface area (Å²) in [5, 5.41) is 20.8. The van der Waals surface area contributed by atoms with Gasteiger partial charge in [-0.25, -0.2) is 4.68 Å². The van der Waals surface area contributed by atoms with Crippen molar-refractivity contribution in [3.05, 3.63) is 29.3 Å². The smallest absolute Gasteiger partial charge is 0.303 e. The number of aryl methyl sites for hydroxylation is 3. The highest BCUT2D eigenvalue weighted by atomic mass is 16.4. The van der Waals surface area contributed by atoms with Crippen LogP contribution in [0.15, 0.2) is 12.3 Å². The van der Waals surface area contributed by atoms with Gasteiger partial charge in [0.25, 0.3) is 0 Å². The van der Waals surface area contributed by atoms with Gasteiger partial charge in [-0.3, -0.25) is 9.48 Å². The average Bonchev–Trinajstić information content (AvgIpc) is 2.84. The van der Waals surface area contributed by atoms with Gasteiger partial charge >= 0.3 is 5.97 Å². The fraction of sp³-hybridized carbons (Fsp3) is 0.455. The minimum Gasteiger partial charge on any atom is -0.481 e. The lowest BCUT2D eigenvalue weighted by atomic mass is 10.2. The number of carboxylic acid groups (broad SMARTS) is 1. The second-order valence-electron chi connectivity index (χ2n) is 4.20. The van der Waals surface area contributed by atoms with Crippen LogP contribution in [0.25, 0.3) is 0 Å². The molecule has 2 rings (SSSR count). The Bertz CT molecular complexity index is 558. The minimum absolute atomic E-state index is 0.0729. The number of carbonyl (C=O) groups is 1. The zero-order chi connectivity index (χ0) is 13.1. The van der Waals surface area contributed by atoms with Crippen molar-refractivity contribution in [1.29, 1.82) is 0 Å². The van der Waals surface area contributed by atoms with Crippen LogP contribution in [0.3, 0.4) is 0 Å². The summed E-state index contributed by atoms with van der Waals surface area (Å²) in [4.78, 5) is 10.5. The number of carboxylic acids is 1. The standard InChI is InChI=1S/C11H15N5O2/c1-8-5-10(15(2)13-8)7-16-6-9(12-14-16)3-4-11(17)18/h5-6H,3-4,7H2,1-2H3,(H,17,18). The molecule has 0 aliphatic rings. The molecule has 96 valence electrons. The molecule has 0 atom stereocenters. The van der Waals surface area contributed by atoms with Gasteiger partial charge in [0.15, 0.2) is 0 Å². The molecule has 0 aromatic carbocycles. The molecule has 0 saturated heterocycles. The van der Waals surface area contributed by atoms with Gasteiger partial charge in [0.1, 0.15) is 0 Å². The van der Waals surface area contributed by atoms with Crippen LogP contribution in [0.1, 0.15) is 23.5 Å². The Morgan fingerprint density at radius 1 is 1.50 bits per heavy atom. The van der Waals surface area contributed by atoms with E-state index >= 15 is 0 Å². The molecule has 0 radical (unpaired) electrons. The van der Waals surface area contributed by atoms with E-state index in [4.69, 9.17) is 5.11 Å². The van der Waals surface area contributed by atoms with E-state index < -0.39 is 5.97 Å². The summed E-state index contributed by atoms with van der Waals surface area (Å²) in [6.07, 6.45) is 2.24. The molecule has 1 N–H and O–H groups in total. The molecule has 7 heteroatoms. The summed E-state index contributed by atoms with van der Waals surface area (Å²) in [7, 11) is 1.88. The summed E-state index contributed by atoms with van der Waals surface area (Å²) in [5.74, 6) is -0.827. The van der Waals surface area contributed by atoms with Crippen LogP contribution in [0, 0.1) is 6.92 Å². The lowest BCUT2D eigenvalue weighted by molar-refractivity contribution is -0.136. The van der Waals surface area contributed by atoms with Gasteiger partial charge in [0.2, 0.25) is 0 Å². The molecule has 0 bridgehead atoms. The van der Waals surface area contributed by atoms with Crippen LogP contribution in [0.5, 0.6) is 0 Å². The fourth-order valence-corrected chi connectivity index (χ4v) is 1.74. The molecule has 0 aliphatic heterocycles. The summed E-state index contributed by atoms with van der Waals surface area (Å²) < 4.78 is 3.49. The van der Waals surface area contributed by atoms with Crippen molar-refractivity contribution in [3.63, 3.8) is 0 Å². The summed E-state index contributed by atoms with van der Waals surface area (Å²) in [6, 6.07) is 1.98. The van der Waals surface area contributed by atoms with Crippen LogP contribution < -0.4 is 0 Å². The Labute approximate surface area is 104 Å². The highest BCUT2D eigenvalue weighted by Gasteiger charge is 2.07. The predicted octanol–water partition coefficient (Wildman–Crippen LogP) is 0.386. The van der Waals surface area contributed by atoms with Crippen LogP contribution in [-0.4, -0.2) is 35.9 Å². The van der Waals surface area contributed by atoms with E-state index in [1.807, 2.05) is 20.0 Å². The first-order valence-electron chi connectivity index (χ1n) is 5.65. The van der Waals surface area contributed by atoms with Crippen molar-refractivity contribution in [3.8, 4) is 0 Å². The third kappa shape index (κ3) is 2.93. The summed E-state index contributed by atoms with van der Waals surface area (Å²) in [6.45, 7) is 2.51. The average molecular weight is 249 g/mol. The number of aliphatic carboxylic acids is 1. The van der Waals surface area contributed by atoms with Crippen molar-refractivity contribution in [2.45, 2.75) is 26.3 Å². The van der Waals surface area contributed by atoms with Crippen molar-refractivity contribution >= 4 is 5.97 Å². The Hall–Kier alpha value is -2.18. The van der Waals surface area contributed by atoms with Gasteiger partial charge in [0.05, 0.1) is 30.0 Å². The number of hydrogen-bond donors (Lipinski definition) is 1. The molecule has 0 saturated carbocycles. The largest absolute Gasteiger partial charge is 0.481 e. The summed E-state index contributed by atoms with van der Waals surface area (Å²) >= 11 is 0. The van der Waals surface area contributed by atoms with E-state index in [-0.39, 0.29) is 6.42 Å². The Morgan fingerprint density at radius 3 is 2.89 bits per heavy atom. The van der Waals surface area contributed by atoms with Crippen LogP contribution >= 0.6 is 0 Å². The Morgan fingerprint density at radius 2 is 2.28 bits per heavy atom. The highest BCUT2D eigenvalue weighted by molar-refractivity contribution is 5.66. The first-order valence-corrected chi connectivity index (χ1v) is 5.65. The lowest BCUT2D eigenvalue weighted by Crippen LogP contribution is -2.06. The normalized spacial score (nSPS) is 10.8. The van der Waals surface area contributed by atoms with E-state index in [0.29, 0.717) is 18.7 Å². The number of rotatable bonds is 5. The first kappa shape index (κ1) is 12.3. The third-order valence-corrected chi connectivity index (χ3v) is 2.60. The van der Waals surface area contributed by atoms with Crippen LogP contribution in [-0.2, 0) is 24.8 Å². The van der Waals surface area contributed by atoms with Crippen molar-refractivity contribution in [2.75, 3.05) is 0 Å². The molecule has 0 aliphatic carbocycles. The predicted molar refractivity (Wildman–Crippen MR) is 63.0 cm³/mol. The van der Waals surface area contributed by atoms with Crippen LogP contribution in [0.4, 0.5) is 0 Å². The molecule has 0 fully saturated rings. The van der Waals surface area contributed by atoms with Crippen molar-refractivity contribution < 1.29 is 9.90 Å². The van der Waals surface area contributed by atoms with Gasteiger partial charge in [-0.15, -0.1) is 5.10 Å². The quantitative estimate of drug-likeness (QED) is 0.828. The summed E-state index contributed by atoms with van der Waals surface area (Å²) in [5.41, 5.74) is 2.68. The molecule has 0 amide bonds. The van der Waals surface area contributed by atoms with E-state index in [1.165, 1.54) is 0 Å². The van der Waals surface area contributed by atoms with E-state index in [2.05, 4.69) is 15.4 Å². The molecule has 18 heavy (non-hydrogen) atoms. The maximum atomic E-state index is 10.5. The van der Waals surface area contributed by atoms with Crippen LogP contribution in [0.2, 0.25) is 0 Å². The van der Waals surface area contributed by atoms with Gasteiger partial charge in [0, 0.05) is 19.7 Å². The highest BCUT2D eigenvalue weighted by Crippen LogP contribution is 2.05. The second kappa shape index (κ2) is 4.99. The zero-order valence-corrected chi connectivity index (χ0v) is 10.4. The molecular formula is C11H15N5O2. The first-order chi connectivity index (χ1) is 8.54.